The van der Waals surface area contributed by atoms with Crippen LogP contribution >= 0.6 is 0 Å². The Morgan fingerprint density at radius 2 is 1.87 bits per heavy atom. The van der Waals surface area contributed by atoms with Gasteiger partial charge < -0.3 is 19.8 Å². The van der Waals surface area contributed by atoms with Gasteiger partial charge in [0.1, 0.15) is 17.0 Å². The van der Waals surface area contributed by atoms with Crippen molar-refractivity contribution in [1.29, 1.82) is 0 Å². The number of nitrogens with zero attached hydrogens (tertiary/aromatic N) is 1. The Balaban J connectivity index is 1.58. The Kier molecular flexibility index (Phi) is 5.61. The number of aliphatic hydroxyl groups is 1. The minimum Gasteiger partial charge on any atom is -0.423 e. The van der Waals surface area contributed by atoms with Gasteiger partial charge in [-0.05, 0) is 47.7 Å². The van der Waals surface area contributed by atoms with E-state index in [0.717, 1.165) is 16.5 Å². The van der Waals surface area contributed by atoms with E-state index < -0.39 is 11.2 Å². The molecular weight excluding hydrogens is 397 g/mol. The summed E-state index contributed by atoms with van der Waals surface area (Å²) in [4.78, 5) is 19.5. The first-order valence-corrected chi connectivity index (χ1v) is 10.3. The molecule has 0 aliphatic rings. The number of aromatic amines is 1. The molecule has 31 heavy (non-hydrogen) atoms. The first-order chi connectivity index (χ1) is 14.9. The summed E-state index contributed by atoms with van der Waals surface area (Å²) in [5.74, 6) is 0.221. The monoisotopic (exact) mass is 421 g/mol. The summed E-state index contributed by atoms with van der Waals surface area (Å²) >= 11 is 0. The van der Waals surface area contributed by atoms with Gasteiger partial charge in [0.2, 0.25) is 5.95 Å². The fourth-order valence-corrected chi connectivity index (χ4v) is 3.65. The summed E-state index contributed by atoms with van der Waals surface area (Å²) in [5.41, 5.74) is 2.08. The second-order valence-corrected chi connectivity index (χ2v) is 7.55. The van der Waals surface area contributed by atoms with Gasteiger partial charge in [-0.2, -0.15) is 0 Å². The average molecular weight is 421 g/mol. The number of imidazole rings is 1. The molecule has 2 heterocycles. The lowest BCUT2D eigenvalue weighted by Gasteiger charge is -2.23. The molecule has 7 heteroatoms. The zero-order valence-electron chi connectivity index (χ0n) is 17.4. The second kappa shape index (κ2) is 8.35. The van der Waals surface area contributed by atoms with Crippen molar-refractivity contribution >= 4 is 16.9 Å². The Bertz CT molecular complexity index is 1260. The molecule has 0 aliphatic heterocycles. The van der Waals surface area contributed by atoms with Gasteiger partial charge in [-0.15, -0.1) is 0 Å². The summed E-state index contributed by atoms with van der Waals surface area (Å²) in [6, 6.07) is 13.0. The van der Waals surface area contributed by atoms with Gasteiger partial charge in [-0.25, -0.2) is 14.2 Å². The maximum atomic E-state index is 13.3. The smallest absolute Gasteiger partial charge is 0.336 e. The van der Waals surface area contributed by atoms with Crippen LogP contribution in [0, 0.1) is 5.82 Å². The summed E-state index contributed by atoms with van der Waals surface area (Å²) in [7, 11) is 0. The van der Waals surface area contributed by atoms with Crippen molar-refractivity contribution in [2.24, 2.45) is 0 Å². The predicted molar refractivity (Wildman–Crippen MR) is 118 cm³/mol. The Morgan fingerprint density at radius 3 is 2.58 bits per heavy atom. The van der Waals surface area contributed by atoms with Gasteiger partial charge in [0.15, 0.2) is 0 Å². The van der Waals surface area contributed by atoms with Gasteiger partial charge in [0, 0.05) is 18.0 Å². The van der Waals surface area contributed by atoms with Crippen molar-refractivity contribution in [3.05, 3.63) is 82.2 Å². The third kappa shape index (κ3) is 4.22. The van der Waals surface area contributed by atoms with Crippen LogP contribution in [0.25, 0.3) is 22.1 Å². The van der Waals surface area contributed by atoms with E-state index in [4.69, 9.17) is 4.42 Å². The maximum absolute atomic E-state index is 13.3. The lowest BCUT2D eigenvalue weighted by atomic mass is 9.94. The number of aromatic nitrogens is 2. The van der Waals surface area contributed by atoms with Crippen molar-refractivity contribution in [3.8, 4) is 11.1 Å². The molecule has 0 spiro atoms. The molecule has 0 aliphatic carbocycles. The minimum absolute atomic E-state index is 0.332. The number of fused-ring (bicyclic) bond motifs is 1. The lowest BCUT2D eigenvalue weighted by molar-refractivity contribution is 0.0245. The predicted octanol–water partition coefficient (Wildman–Crippen LogP) is 4.94. The standard InChI is InChI=1S/C24H24FN3O3/c1-3-24(30,4-2)21-14-27-23(28-21)26-13-15-5-10-18-19(12-22(29)31-20(18)11-15)16-6-8-17(25)9-7-16/h5-12,14,30H,3-4,13H2,1-2H3,(H2,26,27,28). The molecule has 6 nitrogen and oxygen atoms in total. The zero-order valence-corrected chi connectivity index (χ0v) is 17.4. The minimum atomic E-state index is -0.921. The molecular formula is C24H24FN3O3. The van der Waals surface area contributed by atoms with Crippen molar-refractivity contribution < 1.29 is 13.9 Å². The first kappa shape index (κ1) is 20.8. The van der Waals surface area contributed by atoms with Crippen LogP contribution in [0.5, 0.6) is 0 Å². The van der Waals surface area contributed by atoms with Crippen molar-refractivity contribution in [3.63, 3.8) is 0 Å². The third-order valence-corrected chi connectivity index (χ3v) is 5.67. The van der Waals surface area contributed by atoms with E-state index in [1.807, 2.05) is 26.0 Å². The Hall–Kier alpha value is -3.45. The zero-order chi connectivity index (χ0) is 22.0. The fourth-order valence-electron chi connectivity index (χ4n) is 3.65. The van der Waals surface area contributed by atoms with Crippen molar-refractivity contribution in [2.45, 2.75) is 38.8 Å². The topological polar surface area (TPSA) is 91.2 Å². The molecule has 0 atom stereocenters. The number of hydrogen-bond acceptors (Lipinski definition) is 5. The summed E-state index contributed by atoms with van der Waals surface area (Å²) in [6.45, 7) is 4.31. The number of nitrogens with one attached hydrogen (secondary N) is 2. The van der Waals surface area contributed by atoms with E-state index in [0.29, 0.717) is 42.2 Å². The van der Waals surface area contributed by atoms with E-state index in [1.165, 1.54) is 18.2 Å². The summed E-state index contributed by atoms with van der Waals surface area (Å²) in [5, 5.41) is 14.6. The van der Waals surface area contributed by atoms with Crippen LogP contribution in [0.3, 0.4) is 0 Å². The van der Waals surface area contributed by atoms with Crippen LogP contribution in [-0.2, 0) is 12.1 Å². The molecule has 4 aromatic rings. The number of benzene rings is 2. The maximum Gasteiger partial charge on any atom is 0.336 e. The molecule has 3 N–H and O–H groups in total. The molecule has 2 aromatic carbocycles. The molecule has 0 bridgehead atoms. The van der Waals surface area contributed by atoms with Crippen LogP contribution in [0.4, 0.5) is 10.3 Å². The van der Waals surface area contributed by atoms with Gasteiger partial charge >= 0.3 is 5.63 Å². The van der Waals surface area contributed by atoms with Gasteiger partial charge in [0.25, 0.3) is 0 Å². The Labute approximate surface area is 178 Å². The molecule has 0 fully saturated rings. The highest BCUT2D eigenvalue weighted by molar-refractivity contribution is 5.93. The normalized spacial score (nSPS) is 11.7. The summed E-state index contributed by atoms with van der Waals surface area (Å²) in [6.07, 6.45) is 2.82. The van der Waals surface area contributed by atoms with Gasteiger partial charge in [-0.1, -0.05) is 38.1 Å². The molecule has 4 rings (SSSR count). The lowest BCUT2D eigenvalue weighted by Crippen LogP contribution is -2.23. The molecule has 0 amide bonds. The number of anilines is 1. The highest BCUT2D eigenvalue weighted by atomic mass is 19.1. The van der Waals surface area contributed by atoms with Crippen LogP contribution in [0.1, 0.15) is 37.9 Å². The van der Waals surface area contributed by atoms with Gasteiger partial charge in [-0.3, -0.25) is 0 Å². The van der Waals surface area contributed by atoms with E-state index >= 15 is 0 Å². The van der Waals surface area contributed by atoms with E-state index in [-0.39, 0.29) is 5.82 Å². The quantitative estimate of drug-likeness (QED) is 0.368. The van der Waals surface area contributed by atoms with Crippen molar-refractivity contribution in [2.75, 3.05) is 5.32 Å². The van der Waals surface area contributed by atoms with Crippen LogP contribution in [-0.4, -0.2) is 15.1 Å². The van der Waals surface area contributed by atoms with E-state index in [1.54, 1.807) is 24.4 Å². The highest BCUT2D eigenvalue weighted by Crippen LogP contribution is 2.29. The molecule has 0 saturated heterocycles. The molecule has 0 unspecified atom stereocenters. The molecule has 0 radical (unpaired) electrons. The average Bonchev–Trinajstić information content (AvgIpc) is 3.26. The molecule has 2 aromatic heterocycles. The van der Waals surface area contributed by atoms with E-state index in [9.17, 15) is 14.3 Å². The number of H-pyrrole nitrogens is 1. The molecule has 160 valence electrons. The summed E-state index contributed by atoms with van der Waals surface area (Å²) < 4.78 is 18.7. The second-order valence-electron chi connectivity index (χ2n) is 7.55. The van der Waals surface area contributed by atoms with Crippen molar-refractivity contribution in [1.82, 2.24) is 9.97 Å². The van der Waals surface area contributed by atoms with E-state index in [2.05, 4.69) is 15.3 Å². The fraction of sp³-hybridized carbons (Fsp3) is 0.250. The Morgan fingerprint density at radius 1 is 1.13 bits per heavy atom. The highest BCUT2D eigenvalue weighted by Gasteiger charge is 2.27. The number of rotatable bonds is 7. The molecule has 0 saturated carbocycles. The van der Waals surface area contributed by atoms with Crippen LogP contribution < -0.4 is 10.9 Å². The van der Waals surface area contributed by atoms with Crippen LogP contribution in [0.2, 0.25) is 0 Å². The largest absolute Gasteiger partial charge is 0.423 e. The number of hydrogen-bond donors (Lipinski definition) is 3. The third-order valence-electron chi connectivity index (χ3n) is 5.67. The SMILES string of the molecule is CCC(O)(CC)c1cnc(NCc2ccc3c(-c4ccc(F)cc4)cc(=O)oc3c2)[nH]1. The van der Waals surface area contributed by atoms with Crippen LogP contribution in [0.15, 0.2) is 63.9 Å². The first-order valence-electron chi connectivity index (χ1n) is 10.3. The number of halogens is 1. The van der Waals surface area contributed by atoms with Gasteiger partial charge in [0.05, 0.1) is 11.9 Å².